The predicted molar refractivity (Wildman–Crippen MR) is 68.6 cm³/mol. The Labute approximate surface area is 90.4 Å². The van der Waals surface area contributed by atoms with Crippen LogP contribution in [-0.2, 0) is 0 Å². The summed E-state index contributed by atoms with van der Waals surface area (Å²) >= 11 is 0. The molecule has 0 spiro atoms. The normalized spacial score (nSPS) is 8.50. The summed E-state index contributed by atoms with van der Waals surface area (Å²) in [6.07, 6.45) is 7.66. The first-order valence-corrected chi connectivity index (χ1v) is 5.59. The number of rotatable bonds is 6. The molecule has 0 rings (SSSR count). The molecule has 0 aromatic rings. The molecule has 0 heterocycles. The minimum atomic E-state index is 1.09. The lowest BCUT2D eigenvalue weighted by Crippen LogP contribution is -1.73. The van der Waals surface area contributed by atoms with Crippen molar-refractivity contribution in [2.24, 2.45) is 0 Å². The molecule has 0 atom stereocenters. The Bertz CT molecular complexity index is 163. The Morgan fingerprint density at radius 1 is 1.00 bits per heavy atom. The van der Waals surface area contributed by atoms with Crippen LogP contribution in [0.25, 0.3) is 0 Å². The van der Waals surface area contributed by atoms with Gasteiger partial charge in [0.2, 0.25) is 0 Å². The molecule has 0 aliphatic rings. The standard InChI is InChI=1S/C7H14.C7H12/c2*1-4-6-7(3)5-2/h3-6H2,1-2H3;5H,2-4,6H2,1H3. The second-order valence-corrected chi connectivity index (χ2v) is 3.47. The molecule has 14 heavy (non-hydrogen) atoms. The highest BCUT2D eigenvalue weighted by Gasteiger charge is 1.83. The lowest BCUT2D eigenvalue weighted by atomic mass is 10.1. The van der Waals surface area contributed by atoms with Crippen molar-refractivity contribution >= 4 is 0 Å². The second kappa shape index (κ2) is 12.2. The first-order chi connectivity index (χ1) is 6.62. The smallest absolute Gasteiger partial charge is 0.0288 e. The van der Waals surface area contributed by atoms with E-state index in [0.717, 1.165) is 18.4 Å². The molecule has 0 aromatic carbocycles. The van der Waals surface area contributed by atoms with Crippen molar-refractivity contribution in [2.75, 3.05) is 0 Å². The molecule has 0 aliphatic heterocycles. The van der Waals surface area contributed by atoms with Gasteiger partial charge in [-0.2, -0.15) is 0 Å². The largest absolute Gasteiger partial charge is 0.0999 e. The maximum Gasteiger partial charge on any atom is -0.0288 e. The molecule has 0 unspecified atom stereocenters. The highest BCUT2D eigenvalue weighted by atomic mass is 13.9. The molecular weight excluding hydrogens is 168 g/mol. The molecule has 0 aliphatic carbocycles. The van der Waals surface area contributed by atoms with Gasteiger partial charge in [0.1, 0.15) is 0 Å². The molecule has 82 valence electrons. The zero-order chi connectivity index (χ0) is 11.4. The number of allylic oxidation sites excluding steroid dienone is 3. The van der Waals surface area contributed by atoms with Gasteiger partial charge in [-0.15, -0.1) is 0 Å². The lowest BCUT2D eigenvalue weighted by Gasteiger charge is -1.94. The van der Waals surface area contributed by atoms with Crippen LogP contribution in [-0.4, -0.2) is 0 Å². The van der Waals surface area contributed by atoms with E-state index in [1.165, 1.54) is 24.8 Å². The molecular formula is C14H26. The van der Waals surface area contributed by atoms with Crippen LogP contribution < -0.4 is 0 Å². The van der Waals surface area contributed by atoms with E-state index in [4.69, 9.17) is 0 Å². The zero-order valence-corrected chi connectivity index (χ0v) is 10.2. The van der Waals surface area contributed by atoms with Gasteiger partial charge in [-0.05, 0) is 19.3 Å². The highest BCUT2D eigenvalue weighted by Crippen LogP contribution is 2.03. The zero-order valence-electron chi connectivity index (χ0n) is 10.2. The van der Waals surface area contributed by atoms with Crippen LogP contribution in [0.2, 0.25) is 0 Å². The highest BCUT2D eigenvalue weighted by molar-refractivity contribution is 5.09. The fourth-order valence-corrected chi connectivity index (χ4v) is 0.954. The third-order valence-electron chi connectivity index (χ3n) is 1.96. The predicted octanol–water partition coefficient (Wildman–Crippen LogP) is 5.28. The SMILES string of the molecule is C=C(CC)CCC.C=CC(=C)CCC. The van der Waals surface area contributed by atoms with Crippen LogP contribution in [0, 0.1) is 0 Å². The second-order valence-electron chi connectivity index (χ2n) is 3.47. The summed E-state index contributed by atoms with van der Waals surface area (Å²) in [6, 6.07) is 0. The van der Waals surface area contributed by atoms with Crippen molar-refractivity contribution in [3.63, 3.8) is 0 Å². The van der Waals surface area contributed by atoms with Crippen LogP contribution in [0.15, 0.2) is 37.0 Å². The van der Waals surface area contributed by atoms with E-state index in [2.05, 4.69) is 40.5 Å². The van der Waals surface area contributed by atoms with Gasteiger partial charge in [0.25, 0.3) is 0 Å². The van der Waals surface area contributed by atoms with Crippen molar-refractivity contribution in [3.8, 4) is 0 Å². The fraction of sp³-hybridized carbons (Fsp3) is 0.571. The molecule has 0 amide bonds. The molecule has 0 saturated carbocycles. The Hall–Kier alpha value is -0.780. The molecule has 0 saturated heterocycles. The summed E-state index contributed by atoms with van der Waals surface area (Å²) in [5.74, 6) is 0. The van der Waals surface area contributed by atoms with Crippen LogP contribution >= 0.6 is 0 Å². The van der Waals surface area contributed by atoms with Crippen molar-refractivity contribution in [1.29, 1.82) is 0 Å². The van der Waals surface area contributed by atoms with Gasteiger partial charge in [0.15, 0.2) is 0 Å². The van der Waals surface area contributed by atoms with Gasteiger partial charge in [-0.3, -0.25) is 0 Å². The Morgan fingerprint density at radius 3 is 1.64 bits per heavy atom. The first-order valence-electron chi connectivity index (χ1n) is 5.59. The fourth-order valence-electron chi connectivity index (χ4n) is 0.954. The number of hydrogen-bond acceptors (Lipinski definition) is 0. The van der Waals surface area contributed by atoms with Crippen LogP contribution in [0.5, 0.6) is 0 Å². The van der Waals surface area contributed by atoms with Gasteiger partial charge >= 0.3 is 0 Å². The molecule has 0 heteroatoms. The summed E-state index contributed by atoms with van der Waals surface area (Å²) in [5, 5.41) is 0. The lowest BCUT2D eigenvalue weighted by molar-refractivity contribution is 0.863. The summed E-state index contributed by atoms with van der Waals surface area (Å²) in [5.41, 5.74) is 2.52. The van der Waals surface area contributed by atoms with E-state index in [1.54, 1.807) is 0 Å². The molecule has 0 nitrogen and oxygen atoms in total. The summed E-state index contributed by atoms with van der Waals surface area (Å²) in [7, 11) is 0. The average Bonchev–Trinajstić information content (AvgIpc) is 2.19. The minimum Gasteiger partial charge on any atom is -0.0999 e. The van der Waals surface area contributed by atoms with E-state index in [1.807, 2.05) is 6.08 Å². The molecule has 0 aromatic heterocycles. The quantitative estimate of drug-likeness (QED) is 0.398. The van der Waals surface area contributed by atoms with Crippen LogP contribution in [0.4, 0.5) is 0 Å². The van der Waals surface area contributed by atoms with E-state index in [9.17, 15) is 0 Å². The van der Waals surface area contributed by atoms with Crippen molar-refractivity contribution < 1.29 is 0 Å². The monoisotopic (exact) mass is 194 g/mol. The van der Waals surface area contributed by atoms with Gasteiger partial charge in [-0.25, -0.2) is 0 Å². The third-order valence-corrected chi connectivity index (χ3v) is 1.96. The maximum absolute atomic E-state index is 3.86. The van der Waals surface area contributed by atoms with Crippen LogP contribution in [0.1, 0.15) is 52.9 Å². The number of hydrogen-bond donors (Lipinski definition) is 0. The summed E-state index contributed by atoms with van der Waals surface area (Å²) in [4.78, 5) is 0. The van der Waals surface area contributed by atoms with E-state index >= 15 is 0 Å². The summed E-state index contributed by atoms with van der Waals surface area (Å²) < 4.78 is 0. The van der Waals surface area contributed by atoms with Gasteiger partial charge < -0.3 is 0 Å². The van der Waals surface area contributed by atoms with Crippen molar-refractivity contribution in [2.45, 2.75) is 52.9 Å². The Morgan fingerprint density at radius 2 is 1.50 bits per heavy atom. The first kappa shape index (κ1) is 15.7. The van der Waals surface area contributed by atoms with Crippen molar-refractivity contribution in [3.05, 3.63) is 37.0 Å². The van der Waals surface area contributed by atoms with Gasteiger partial charge in [0.05, 0.1) is 0 Å². The topological polar surface area (TPSA) is 0 Å². The molecule has 0 N–H and O–H groups in total. The third kappa shape index (κ3) is 13.8. The molecule has 0 radical (unpaired) electrons. The average molecular weight is 194 g/mol. The van der Waals surface area contributed by atoms with E-state index in [-0.39, 0.29) is 0 Å². The molecule has 0 bridgehead atoms. The van der Waals surface area contributed by atoms with Crippen molar-refractivity contribution in [1.82, 2.24) is 0 Å². The Balaban J connectivity index is 0. The minimum absolute atomic E-state index is 1.09. The molecule has 0 fully saturated rings. The summed E-state index contributed by atoms with van der Waals surface area (Å²) in [6.45, 7) is 17.7. The van der Waals surface area contributed by atoms with Gasteiger partial charge in [0, 0.05) is 0 Å². The van der Waals surface area contributed by atoms with E-state index in [0.29, 0.717) is 0 Å². The van der Waals surface area contributed by atoms with E-state index < -0.39 is 0 Å². The van der Waals surface area contributed by atoms with Crippen LogP contribution in [0.3, 0.4) is 0 Å². The maximum atomic E-state index is 3.86. The van der Waals surface area contributed by atoms with Gasteiger partial charge in [-0.1, -0.05) is 70.6 Å². The Kier molecular flexibility index (Phi) is 13.7.